The summed E-state index contributed by atoms with van der Waals surface area (Å²) in [5.74, 6) is -2.02. The van der Waals surface area contributed by atoms with E-state index >= 15 is 0 Å². The van der Waals surface area contributed by atoms with E-state index in [9.17, 15) is 14.0 Å². The van der Waals surface area contributed by atoms with Gasteiger partial charge in [0.2, 0.25) is 5.91 Å². The van der Waals surface area contributed by atoms with Crippen molar-refractivity contribution in [1.29, 1.82) is 0 Å². The Balaban J connectivity index is 2.03. The molecule has 0 fully saturated rings. The largest absolute Gasteiger partial charge is 0.368 e. The van der Waals surface area contributed by atoms with Crippen LogP contribution >= 0.6 is 0 Å². The lowest BCUT2D eigenvalue weighted by atomic mass is 10.0. The number of carbonyl (C=O) groups is 2. The Morgan fingerprint density at radius 3 is 2.55 bits per heavy atom. The first-order valence-corrected chi connectivity index (χ1v) is 9.93. The predicted octanol–water partition coefficient (Wildman–Crippen LogP) is 2.89. The zero-order chi connectivity index (χ0) is 22.9. The first-order valence-electron chi connectivity index (χ1n) is 9.93. The zero-order valence-electron chi connectivity index (χ0n) is 18.0. The van der Waals surface area contributed by atoms with Crippen molar-refractivity contribution in [3.63, 3.8) is 0 Å². The number of rotatable bonds is 8. The molecule has 0 aliphatic heterocycles. The Bertz CT molecular complexity index is 1140. The molecule has 5 N–H and O–H groups in total. The lowest BCUT2D eigenvalue weighted by molar-refractivity contribution is -0.119. The van der Waals surface area contributed by atoms with E-state index in [1.54, 1.807) is 7.05 Å². The summed E-state index contributed by atoms with van der Waals surface area (Å²) < 4.78 is 16.8. The van der Waals surface area contributed by atoms with Crippen molar-refractivity contribution in [1.82, 2.24) is 9.55 Å². The Morgan fingerprint density at radius 2 is 1.94 bits per heavy atom. The third kappa shape index (κ3) is 4.60. The minimum atomic E-state index is -0.822. The van der Waals surface area contributed by atoms with Crippen molar-refractivity contribution >= 4 is 40.0 Å². The minimum absolute atomic E-state index is 0.0951. The fourth-order valence-corrected chi connectivity index (χ4v) is 3.56. The molecule has 1 atom stereocenters. The fraction of sp³-hybridized carbons (Fsp3) is 0.318. The smallest absolute Gasteiger partial charge is 0.252 e. The van der Waals surface area contributed by atoms with Crippen LogP contribution in [0.2, 0.25) is 0 Å². The number of hydrogen-bond acceptors (Lipinski definition) is 5. The highest BCUT2D eigenvalue weighted by Gasteiger charge is 2.27. The van der Waals surface area contributed by atoms with Crippen LogP contribution in [0.15, 0.2) is 36.5 Å². The zero-order valence-corrected chi connectivity index (χ0v) is 18.0. The summed E-state index contributed by atoms with van der Waals surface area (Å²) in [6.45, 7) is 3.88. The van der Waals surface area contributed by atoms with Gasteiger partial charge in [-0.05, 0) is 42.7 Å². The number of anilines is 3. The van der Waals surface area contributed by atoms with E-state index in [-0.39, 0.29) is 23.1 Å². The number of hydrogen-bond donors (Lipinski definition) is 3. The topological polar surface area (TPSA) is 119 Å². The molecule has 2 amide bonds. The van der Waals surface area contributed by atoms with E-state index in [1.807, 2.05) is 55.9 Å². The molecule has 9 heteroatoms. The van der Waals surface area contributed by atoms with Crippen LogP contribution in [0.4, 0.5) is 21.7 Å². The van der Waals surface area contributed by atoms with Gasteiger partial charge in [0.25, 0.3) is 5.91 Å². The van der Waals surface area contributed by atoms with Gasteiger partial charge in [-0.3, -0.25) is 9.59 Å². The number of nitrogens with zero attached hydrogens (tertiary/aromatic N) is 3. The number of benzene rings is 1. The Kier molecular flexibility index (Phi) is 6.14. The molecule has 0 bridgehead atoms. The number of nitrogens with one attached hydrogen (secondary N) is 1. The number of fused-ring (bicyclic) bond motifs is 1. The quantitative estimate of drug-likeness (QED) is 0.512. The molecule has 0 radical (unpaired) electrons. The van der Waals surface area contributed by atoms with E-state index in [4.69, 9.17) is 11.5 Å². The monoisotopic (exact) mass is 426 g/mol. The number of aryl methyl sites for hydroxylation is 1. The van der Waals surface area contributed by atoms with Gasteiger partial charge in [0.15, 0.2) is 11.6 Å². The summed E-state index contributed by atoms with van der Waals surface area (Å²) in [4.78, 5) is 29.6. The number of nitrogens with two attached hydrogens (primary N) is 2. The first-order chi connectivity index (χ1) is 14.6. The Hall–Kier alpha value is -3.62. The summed E-state index contributed by atoms with van der Waals surface area (Å²) in [6.07, 6.45) is 2.36. The molecule has 2 heterocycles. The molecule has 0 saturated heterocycles. The summed E-state index contributed by atoms with van der Waals surface area (Å²) in [7, 11) is 3.49. The van der Waals surface area contributed by atoms with Crippen LogP contribution < -0.4 is 21.7 Å². The number of carbonyl (C=O) groups excluding carboxylic acids is 2. The predicted molar refractivity (Wildman–Crippen MR) is 120 cm³/mol. The second kappa shape index (κ2) is 8.63. The third-order valence-corrected chi connectivity index (χ3v) is 5.20. The SMILES string of the molecule is CC(C)CC(C(N)=O)N(C)c1nc(Nc2ccc3c(ccn3C)c2)c(C(N)=O)cc1F. The summed E-state index contributed by atoms with van der Waals surface area (Å²) in [6, 6.07) is 7.86. The molecule has 0 spiro atoms. The molecule has 0 aliphatic rings. The second-order valence-electron chi connectivity index (χ2n) is 8.04. The van der Waals surface area contributed by atoms with Crippen molar-refractivity contribution in [3.05, 3.63) is 47.9 Å². The number of pyridine rings is 1. The average molecular weight is 426 g/mol. The van der Waals surface area contributed by atoms with Crippen molar-refractivity contribution < 1.29 is 14.0 Å². The standard InChI is InChI=1S/C22H27FN6O2/c1-12(2)9-18(20(25)31)29(4)22-16(23)11-15(19(24)30)21(27-22)26-14-5-6-17-13(10-14)7-8-28(17)3/h5-8,10-12,18H,9H2,1-4H3,(H2,24,30)(H2,25,31)(H,26,27). The molecular weight excluding hydrogens is 399 g/mol. The number of likely N-dealkylation sites (N-methyl/N-ethyl adjacent to an activating group) is 1. The third-order valence-electron chi connectivity index (χ3n) is 5.20. The molecule has 0 saturated carbocycles. The molecule has 1 aromatic carbocycles. The van der Waals surface area contributed by atoms with Crippen LogP contribution in [0.5, 0.6) is 0 Å². The molecule has 2 aromatic heterocycles. The van der Waals surface area contributed by atoms with Gasteiger partial charge in [-0.25, -0.2) is 9.37 Å². The average Bonchev–Trinajstić information content (AvgIpc) is 3.06. The van der Waals surface area contributed by atoms with Gasteiger partial charge in [-0.2, -0.15) is 0 Å². The highest BCUT2D eigenvalue weighted by Crippen LogP contribution is 2.29. The molecule has 31 heavy (non-hydrogen) atoms. The van der Waals surface area contributed by atoms with Crippen LogP contribution in [-0.2, 0) is 11.8 Å². The van der Waals surface area contributed by atoms with Crippen molar-refractivity contribution in [2.24, 2.45) is 24.4 Å². The highest BCUT2D eigenvalue weighted by molar-refractivity contribution is 5.99. The van der Waals surface area contributed by atoms with Crippen LogP contribution in [-0.4, -0.2) is 34.5 Å². The van der Waals surface area contributed by atoms with Crippen LogP contribution in [0.25, 0.3) is 10.9 Å². The lowest BCUT2D eigenvalue weighted by Gasteiger charge is -2.28. The van der Waals surface area contributed by atoms with Crippen molar-refractivity contribution in [3.8, 4) is 0 Å². The molecule has 1 unspecified atom stereocenters. The number of primary amides is 2. The lowest BCUT2D eigenvalue weighted by Crippen LogP contribution is -2.44. The van der Waals surface area contributed by atoms with Gasteiger partial charge in [-0.15, -0.1) is 0 Å². The molecule has 8 nitrogen and oxygen atoms in total. The van der Waals surface area contributed by atoms with Crippen LogP contribution in [0.3, 0.4) is 0 Å². The normalized spacial score (nSPS) is 12.2. The van der Waals surface area contributed by atoms with Gasteiger partial charge in [0.1, 0.15) is 11.9 Å². The van der Waals surface area contributed by atoms with Gasteiger partial charge >= 0.3 is 0 Å². The van der Waals surface area contributed by atoms with E-state index in [1.165, 1.54) is 4.90 Å². The Morgan fingerprint density at radius 1 is 1.23 bits per heavy atom. The molecule has 3 aromatic rings. The van der Waals surface area contributed by atoms with E-state index in [0.717, 1.165) is 17.0 Å². The van der Waals surface area contributed by atoms with Crippen molar-refractivity contribution in [2.45, 2.75) is 26.3 Å². The molecule has 3 rings (SSSR count). The van der Waals surface area contributed by atoms with Crippen LogP contribution in [0.1, 0.15) is 30.6 Å². The molecule has 0 aliphatic carbocycles. The van der Waals surface area contributed by atoms with E-state index in [0.29, 0.717) is 12.1 Å². The maximum atomic E-state index is 14.9. The van der Waals surface area contributed by atoms with Crippen LogP contribution in [0, 0.1) is 11.7 Å². The highest BCUT2D eigenvalue weighted by atomic mass is 19.1. The van der Waals surface area contributed by atoms with Gasteiger partial charge in [0, 0.05) is 36.9 Å². The Labute approximate surface area is 180 Å². The molecular formula is C22H27FN6O2. The minimum Gasteiger partial charge on any atom is -0.368 e. The van der Waals surface area contributed by atoms with Gasteiger partial charge in [0.05, 0.1) is 5.56 Å². The summed E-state index contributed by atoms with van der Waals surface area (Å²) in [5.41, 5.74) is 12.6. The first kappa shape index (κ1) is 22.1. The van der Waals surface area contributed by atoms with Gasteiger partial charge < -0.3 is 26.3 Å². The number of halogens is 1. The van der Waals surface area contributed by atoms with E-state index < -0.39 is 23.7 Å². The van der Waals surface area contributed by atoms with Gasteiger partial charge in [-0.1, -0.05) is 13.8 Å². The van der Waals surface area contributed by atoms with Crippen molar-refractivity contribution in [2.75, 3.05) is 17.3 Å². The number of amides is 2. The maximum absolute atomic E-state index is 14.9. The number of aromatic nitrogens is 2. The maximum Gasteiger partial charge on any atom is 0.252 e. The molecule has 164 valence electrons. The summed E-state index contributed by atoms with van der Waals surface area (Å²) >= 11 is 0. The summed E-state index contributed by atoms with van der Waals surface area (Å²) in [5, 5.41) is 4.04. The fourth-order valence-electron chi connectivity index (χ4n) is 3.56. The van der Waals surface area contributed by atoms with E-state index in [2.05, 4.69) is 10.3 Å². The second-order valence-corrected chi connectivity index (χ2v) is 8.04.